The zero-order chi connectivity index (χ0) is 15.1. The maximum atomic E-state index is 14.0. The third-order valence-electron chi connectivity index (χ3n) is 3.42. The number of carbonyl (C=O) groups is 1. The summed E-state index contributed by atoms with van der Waals surface area (Å²) in [5, 5.41) is 0.228. The summed E-state index contributed by atoms with van der Waals surface area (Å²) in [7, 11) is 0. The molecule has 0 fully saturated rings. The summed E-state index contributed by atoms with van der Waals surface area (Å²) in [4.78, 5) is 13.6. The minimum atomic E-state index is -0.553. The summed E-state index contributed by atoms with van der Waals surface area (Å²) in [6, 6.07) is 7.34. The Balaban J connectivity index is 1.92. The number of fused-ring (bicyclic) bond motifs is 1. The Morgan fingerprint density at radius 3 is 2.67 bits per heavy atom. The molecule has 0 aliphatic carbocycles. The number of hydrogen-bond donors (Lipinski definition) is 0. The minimum Gasteiger partial charge on any atom is -0.330 e. The predicted octanol–water partition coefficient (Wildman–Crippen LogP) is 4.54. The average molecular weight is 373 g/mol. The molecule has 0 N–H and O–H groups in total. The first-order valence-corrected chi connectivity index (χ1v) is 7.34. The summed E-state index contributed by atoms with van der Waals surface area (Å²) in [6.45, 7) is 0.253. The molecule has 0 spiro atoms. The van der Waals surface area contributed by atoms with Gasteiger partial charge in [-0.05, 0) is 23.8 Å². The lowest BCUT2D eigenvalue weighted by Gasteiger charge is -2.17. The smallest absolute Gasteiger partial charge is 0.257 e. The lowest BCUT2D eigenvalue weighted by molar-refractivity contribution is 0.0762. The topological polar surface area (TPSA) is 20.3 Å². The highest BCUT2D eigenvalue weighted by molar-refractivity contribution is 9.10. The van der Waals surface area contributed by atoms with E-state index < -0.39 is 17.5 Å². The number of carbonyl (C=O) groups excluding carboxylic acids is 1. The van der Waals surface area contributed by atoms with Gasteiger partial charge in [0.1, 0.15) is 11.6 Å². The van der Waals surface area contributed by atoms with Gasteiger partial charge in [-0.3, -0.25) is 4.79 Å². The predicted molar refractivity (Wildman–Crippen MR) is 79.1 cm³/mol. The van der Waals surface area contributed by atoms with Crippen molar-refractivity contribution in [3.63, 3.8) is 0 Å². The lowest BCUT2D eigenvalue weighted by Crippen LogP contribution is -2.24. The van der Waals surface area contributed by atoms with Crippen molar-refractivity contribution >= 4 is 33.4 Å². The summed E-state index contributed by atoms with van der Waals surface area (Å²) < 4.78 is 28.2. The Morgan fingerprint density at radius 1 is 1.24 bits per heavy atom. The first kappa shape index (κ1) is 14.5. The van der Waals surface area contributed by atoms with Crippen molar-refractivity contribution < 1.29 is 13.6 Å². The van der Waals surface area contributed by atoms with Crippen molar-refractivity contribution in [1.82, 2.24) is 4.90 Å². The van der Waals surface area contributed by atoms with E-state index in [0.29, 0.717) is 10.0 Å². The number of hydrogen-bond acceptors (Lipinski definition) is 1. The zero-order valence-electron chi connectivity index (χ0n) is 10.7. The lowest BCUT2D eigenvalue weighted by atomic mass is 10.1. The number of nitrogens with zero attached hydrogens (tertiary/aromatic N) is 1. The van der Waals surface area contributed by atoms with Gasteiger partial charge in [0.15, 0.2) is 0 Å². The van der Waals surface area contributed by atoms with Crippen molar-refractivity contribution in [1.29, 1.82) is 0 Å². The van der Waals surface area contributed by atoms with Gasteiger partial charge in [-0.25, -0.2) is 8.78 Å². The first-order chi connectivity index (χ1) is 9.97. The van der Waals surface area contributed by atoms with Gasteiger partial charge in [0, 0.05) is 21.6 Å². The van der Waals surface area contributed by atoms with Gasteiger partial charge in [0.2, 0.25) is 0 Å². The highest BCUT2D eigenvalue weighted by Gasteiger charge is 2.31. The molecule has 0 bridgehead atoms. The fraction of sp³-hybridized carbons (Fsp3) is 0.133. The van der Waals surface area contributed by atoms with E-state index in [9.17, 15) is 13.6 Å². The highest BCUT2D eigenvalue weighted by Crippen LogP contribution is 2.30. The van der Waals surface area contributed by atoms with Crippen LogP contribution in [0.2, 0.25) is 5.02 Å². The SMILES string of the molecule is O=C1c2c(F)cccc2CN1Cc1c(F)cc(Br)cc1Cl. The van der Waals surface area contributed by atoms with Gasteiger partial charge in [-0.15, -0.1) is 0 Å². The van der Waals surface area contributed by atoms with Gasteiger partial charge in [-0.1, -0.05) is 39.7 Å². The molecule has 0 saturated carbocycles. The summed E-state index contributed by atoms with van der Waals surface area (Å²) >= 11 is 9.17. The highest BCUT2D eigenvalue weighted by atomic mass is 79.9. The van der Waals surface area contributed by atoms with Crippen LogP contribution in [0.5, 0.6) is 0 Å². The van der Waals surface area contributed by atoms with Crippen molar-refractivity contribution in [3.05, 3.63) is 68.2 Å². The Morgan fingerprint density at radius 2 is 2.00 bits per heavy atom. The Bertz CT molecular complexity index is 727. The van der Waals surface area contributed by atoms with Crippen LogP contribution < -0.4 is 0 Å². The van der Waals surface area contributed by atoms with Crippen LogP contribution in [-0.2, 0) is 13.1 Å². The van der Waals surface area contributed by atoms with Crippen LogP contribution in [-0.4, -0.2) is 10.8 Å². The van der Waals surface area contributed by atoms with E-state index in [0.717, 1.165) is 0 Å². The van der Waals surface area contributed by atoms with E-state index in [1.807, 2.05) is 0 Å². The van der Waals surface area contributed by atoms with Crippen molar-refractivity contribution in [2.45, 2.75) is 13.1 Å². The van der Waals surface area contributed by atoms with Gasteiger partial charge in [0.25, 0.3) is 5.91 Å². The Labute approximate surface area is 133 Å². The number of benzene rings is 2. The molecule has 1 aliphatic heterocycles. The molecule has 3 rings (SSSR count). The van der Waals surface area contributed by atoms with Crippen LogP contribution in [0, 0.1) is 11.6 Å². The quantitative estimate of drug-likeness (QED) is 0.758. The van der Waals surface area contributed by atoms with E-state index in [4.69, 9.17) is 11.6 Å². The molecule has 2 aromatic rings. The summed E-state index contributed by atoms with van der Waals surface area (Å²) in [6.07, 6.45) is 0. The standard InChI is InChI=1S/C15H9BrClF2NO/c16-9-4-11(17)10(13(19)5-9)7-20-6-8-2-1-3-12(18)14(8)15(20)21/h1-5H,6-7H2. The van der Waals surface area contributed by atoms with Crippen LogP contribution >= 0.6 is 27.5 Å². The molecule has 0 atom stereocenters. The minimum absolute atomic E-state index is 0.00486. The summed E-state index contributed by atoms with van der Waals surface area (Å²) in [5.74, 6) is -1.50. The normalized spacial score (nSPS) is 13.7. The zero-order valence-corrected chi connectivity index (χ0v) is 13.0. The fourth-order valence-electron chi connectivity index (χ4n) is 2.42. The van der Waals surface area contributed by atoms with E-state index in [2.05, 4.69) is 15.9 Å². The second-order valence-corrected chi connectivity index (χ2v) is 6.11. The number of rotatable bonds is 2. The molecule has 2 nitrogen and oxygen atoms in total. The largest absolute Gasteiger partial charge is 0.330 e. The van der Waals surface area contributed by atoms with Crippen molar-refractivity contribution in [2.75, 3.05) is 0 Å². The second kappa shape index (κ2) is 5.39. The maximum absolute atomic E-state index is 14.0. The molecule has 0 aromatic heterocycles. The molecule has 6 heteroatoms. The van der Waals surface area contributed by atoms with E-state index in [-0.39, 0.29) is 29.2 Å². The monoisotopic (exact) mass is 371 g/mol. The molecular formula is C15H9BrClF2NO. The molecule has 2 aromatic carbocycles. The van der Waals surface area contributed by atoms with Gasteiger partial charge in [0.05, 0.1) is 12.1 Å². The van der Waals surface area contributed by atoms with Crippen LogP contribution in [0.1, 0.15) is 21.5 Å². The third-order valence-corrected chi connectivity index (χ3v) is 4.21. The first-order valence-electron chi connectivity index (χ1n) is 6.17. The second-order valence-electron chi connectivity index (χ2n) is 4.78. The van der Waals surface area contributed by atoms with Crippen LogP contribution in [0.4, 0.5) is 8.78 Å². The molecule has 1 aliphatic rings. The van der Waals surface area contributed by atoms with Crippen molar-refractivity contribution in [2.24, 2.45) is 0 Å². The Hall–Kier alpha value is -1.46. The molecule has 0 saturated heterocycles. The molecule has 1 amide bonds. The van der Waals surface area contributed by atoms with Crippen LogP contribution in [0.15, 0.2) is 34.8 Å². The maximum Gasteiger partial charge on any atom is 0.257 e. The molecular weight excluding hydrogens is 364 g/mol. The third kappa shape index (κ3) is 2.56. The van der Waals surface area contributed by atoms with E-state index in [1.165, 1.54) is 17.0 Å². The van der Waals surface area contributed by atoms with Gasteiger partial charge in [-0.2, -0.15) is 0 Å². The van der Waals surface area contributed by atoms with E-state index >= 15 is 0 Å². The average Bonchev–Trinajstić information content (AvgIpc) is 2.72. The fourth-order valence-corrected chi connectivity index (χ4v) is 3.25. The molecule has 0 radical (unpaired) electrons. The van der Waals surface area contributed by atoms with Crippen LogP contribution in [0.25, 0.3) is 0 Å². The summed E-state index contributed by atoms with van der Waals surface area (Å²) in [5.41, 5.74) is 0.890. The van der Waals surface area contributed by atoms with Gasteiger partial charge >= 0.3 is 0 Å². The molecule has 1 heterocycles. The van der Waals surface area contributed by atoms with Crippen LogP contribution in [0.3, 0.4) is 0 Å². The number of amides is 1. The van der Waals surface area contributed by atoms with Crippen molar-refractivity contribution in [3.8, 4) is 0 Å². The van der Waals surface area contributed by atoms with E-state index in [1.54, 1.807) is 18.2 Å². The molecule has 21 heavy (non-hydrogen) atoms. The molecule has 108 valence electrons. The molecule has 0 unspecified atom stereocenters. The van der Waals surface area contributed by atoms with Gasteiger partial charge < -0.3 is 4.90 Å². The number of halogens is 4. The Kier molecular flexibility index (Phi) is 3.71.